The van der Waals surface area contributed by atoms with Crippen LogP contribution in [0.2, 0.25) is 5.15 Å². The van der Waals surface area contributed by atoms with Crippen LogP contribution < -0.4 is 0 Å². The van der Waals surface area contributed by atoms with E-state index in [1.807, 2.05) is 6.07 Å². The van der Waals surface area contributed by atoms with E-state index in [0.29, 0.717) is 5.15 Å². The van der Waals surface area contributed by atoms with Gasteiger partial charge in [-0.05, 0) is 56.3 Å². The molecule has 0 unspecified atom stereocenters. The van der Waals surface area contributed by atoms with Crippen molar-refractivity contribution in [3.05, 3.63) is 28.5 Å². The van der Waals surface area contributed by atoms with Gasteiger partial charge in [-0.3, -0.25) is 4.90 Å². The molecule has 1 aromatic rings. The summed E-state index contributed by atoms with van der Waals surface area (Å²) in [5, 5.41) is 0.638. The SMILES string of the molecule is Clc1ccc(C2CC2)c(CN2CCCC2)n1. The molecule has 1 aliphatic carbocycles. The minimum atomic E-state index is 0.638. The Bertz CT molecular complexity index is 382. The van der Waals surface area contributed by atoms with Crippen molar-refractivity contribution < 1.29 is 0 Å². The lowest BCUT2D eigenvalue weighted by Gasteiger charge is -2.16. The number of hydrogen-bond acceptors (Lipinski definition) is 2. The Kier molecular flexibility index (Phi) is 2.86. The van der Waals surface area contributed by atoms with Gasteiger partial charge >= 0.3 is 0 Å². The largest absolute Gasteiger partial charge is 0.298 e. The molecular formula is C13H17ClN2. The van der Waals surface area contributed by atoms with E-state index in [2.05, 4.69) is 16.0 Å². The highest BCUT2D eigenvalue weighted by molar-refractivity contribution is 6.29. The molecule has 2 nitrogen and oxygen atoms in total. The Morgan fingerprint density at radius 2 is 2.00 bits per heavy atom. The minimum absolute atomic E-state index is 0.638. The van der Waals surface area contributed by atoms with Gasteiger partial charge in [-0.2, -0.15) is 0 Å². The number of nitrogens with zero attached hydrogens (tertiary/aromatic N) is 2. The first-order chi connectivity index (χ1) is 7.83. The number of pyridine rings is 1. The minimum Gasteiger partial charge on any atom is -0.298 e. The maximum Gasteiger partial charge on any atom is 0.129 e. The van der Waals surface area contributed by atoms with Gasteiger partial charge in [0, 0.05) is 6.54 Å². The molecule has 1 saturated heterocycles. The predicted molar refractivity (Wildman–Crippen MR) is 65.7 cm³/mol. The quantitative estimate of drug-likeness (QED) is 0.750. The molecule has 0 spiro atoms. The first-order valence-electron chi connectivity index (χ1n) is 6.20. The lowest BCUT2D eigenvalue weighted by atomic mass is 10.1. The van der Waals surface area contributed by atoms with Crippen molar-refractivity contribution in [1.29, 1.82) is 0 Å². The van der Waals surface area contributed by atoms with E-state index in [4.69, 9.17) is 11.6 Å². The first-order valence-corrected chi connectivity index (χ1v) is 6.58. The second-order valence-electron chi connectivity index (χ2n) is 4.93. The molecule has 1 aromatic heterocycles. The molecule has 1 saturated carbocycles. The van der Waals surface area contributed by atoms with Crippen molar-refractivity contribution in [2.75, 3.05) is 13.1 Å². The summed E-state index contributed by atoms with van der Waals surface area (Å²) in [6.07, 6.45) is 5.32. The van der Waals surface area contributed by atoms with E-state index in [0.717, 1.165) is 12.5 Å². The molecule has 0 N–H and O–H groups in total. The summed E-state index contributed by atoms with van der Waals surface area (Å²) in [7, 11) is 0. The van der Waals surface area contributed by atoms with E-state index in [9.17, 15) is 0 Å². The summed E-state index contributed by atoms with van der Waals surface area (Å²) >= 11 is 6.00. The average molecular weight is 237 g/mol. The normalized spacial score (nSPS) is 21.6. The smallest absolute Gasteiger partial charge is 0.129 e. The zero-order valence-corrected chi connectivity index (χ0v) is 10.2. The second-order valence-corrected chi connectivity index (χ2v) is 5.31. The van der Waals surface area contributed by atoms with Crippen LogP contribution in [0.4, 0.5) is 0 Å². The van der Waals surface area contributed by atoms with Gasteiger partial charge in [-0.25, -0.2) is 4.98 Å². The highest BCUT2D eigenvalue weighted by atomic mass is 35.5. The number of aromatic nitrogens is 1. The monoisotopic (exact) mass is 236 g/mol. The molecule has 2 fully saturated rings. The van der Waals surface area contributed by atoms with Crippen molar-refractivity contribution in [3.63, 3.8) is 0 Å². The van der Waals surface area contributed by atoms with E-state index in [1.165, 1.54) is 50.0 Å². The Morgan fingerprint density at radius 3 is 2.69 bits per heavy atom. The van der Waals surface area contributed by atoms with Gasteiger partial charge in [0.25, 0.3) is 0 Å². The van der Waals surface area contributed by atoms with Crippen molar-refractivity contribution in [3.8, 4) is 0 Å². The molecule has 0 aromatic carbocycles. The molecule has 3 rings (SSSR count). The van der Waals surface area contributed by atoms with Gasteiger partial charge in [0.05, 0.1) is 5.69 Å². The summed E-state index contributed by atoms with van der Waals surface area (Å²) in [6.45, 7) is 3.43. The highest BCUT2D eigenvalue weighted by Gasteiger charge is 2.27. The Hall–Kier alpha value is -0.600. The molecule has 16 heavy (non-hydrogen) atoms. The van der Waals surface area contributed by atoms with E-state index in [-0.39, 0.29) is 0 Å². The van der Waals surface area contributed by atoms with Gasteiger partial charge in [-0.1, -0.05) is 17.7 Å². The van der Waals surface area contributed by atoms with Crippen LogP contribution in [0, 0.1) is 0 Å². The Balaban J connectivity index is 1.82. The van der Waals surface area contributed by atoms with Crippen LogP contribution >= 0.6 is 11.6 Å². The zero-order valence-electron chi connectivity index (χ0n) is 9.45. The molecule has 2 aliphatic rings. The summed E-state index contributed by atoms with van der Waals surface area (Å²) in [4.78, 5) is 7.01. The summed E-state index contributed by atoms with van der Waals surface area (Å²) in [6, 6.07) is 4.11. The first kappa shape index (κ1) is 10.5. The molecule has 86 valence electrons. The number of likely N-dealkylation sites (tertiary alicyclic amines) is 1. The summed E-state index contributed by atoms with van der Waals surface area (Å²) in [5.74, 6) is 0.766. The van der Waals surface area contributed by atoms with E-state index >= 15 is 0 Å². The van der Waals surface area contributed by atoms with Gasteiger partial charge in [0.1, 0.15) is 5.15 Å². The van der Waals surface area contributed by atoms with Gasteiger partial charge in [0.15, 0.2) is 0 Å². The number of rotatable bonds is 3. The number of hydrogen-bond donors (Lipinski definition) is 0. The fraction of sp³-hybridized carbons (Fsp3) is 0.615. The molecule has 0 atom stereocenters. The summed E-state index contributed by atoms with van der Waals surface area (Å²) in [5.41, 5.74) is 2.66. The second kappa shape index (κ2) is 4.34. The van der Waals surface area contributed by atoms with Crippen LogP contribution in [-0.2, 0) is 6.54 Å². The molecule has 3 heteroatoms. The lowest BCUT2D eigenvalue weighted by molar-refractivity contribution is 0.326. The lowest BCUT2D eigenvalue weighted by Crippen LogP contribution is -2.20. The number of halogens is 1. The summed E-state index contributed by atoms with van der Waals surface area (Å²) < 4.78 is 0. The molecular weight excluding hydrogens is 220 g/mol. The molecule has 2 heterocycles. The third-order valence-corrected chi connectivity index (χ3v) is 3.78. The maximum atomic E-state index is 6.00. The van der Waals surface area contributed by atoms with Gasteiger partial charge < -0.3 is 0 Å². The van der Waals surface area contributed by atoms with Crippen molar-refractivity contribution in [2.45, 2.75) is 38.1 Å². The van der Waals surface area contributed by atoms with Gasteiger partial charge in [0.2, 0.25) is 0 Å². The van der Waals surface area contributed by atoms with Crippen LogP contribution in [-0.4, -0.2) is 23.0 Å². The van der Waals surface area contributed by atoms with Crippen LogP contribution in [0.3, 0.4) is 0 Å². The fourth-order valence-corrected chi connectivity index (χ4v) is 2.70. The Morgan fingerprint density at radius 1 is 1.25 bits per heavy atom. The third-order valence-electron chi connectivity index (χ3n) is 3.56. The highest BCUT2D eigenvalue weighted by Crippen LogP contribution is 2.41. The third kappa shape index (κ3) is 2.23. The average Bonchev–Trinajstić information content (AvgIpc) is 2.98. The molecule has 0 amide bonds. The molecule has 0 bridgehead atoms. The van der Waals surface area contributed by atoms with E-state index in [1.54, 1.807) is 0 Å². The zero-order chi connectivity index (χ0) is 11.0. The maximum absolute atomic E-state index is 6.00. The van der Waals surface area contributed by atoms with Crippen molar-refractivity contribution in [1.82, 2.24) is 9.88 Å². The van der Waals surface area contributed by atoms with Crippen molar-refractivity contribution >= 4 is 11.6 Å². The van der Waals surface area contributed by atoms with Crippen molar-refractivity contribution in [2.24, 2.45) is 0 Å². The molecule has 0 radical (unpaired) electrons. The van der Waals surface area contributed by atoms with Crippen LogP contribution in [0.15, 0.2) is 12.1 Å². The van der Waals surface area contributed by atoms with E-state index < -0.39 is 0 Å². The Labute approximate surface area is 102 Å². The fourth-order valence-electron chi connectivity index (χ4n) is 2.53. The van der Waals surface area contributed by atoms with Crippen LogP contribution in [0.1, 0.15) is 42.9 Å². The predicted octanol–water partition coefficient (Wildman–Crippen LogP) is 3.21. The standard InChI is InChI=1S/C13H17ClN2/c14-13-6-5-11(10-3-4-10)12(15-13)9-16-7-1-2-8-16/h5-6,10H,1-4,7-9H2. The van der Waals surface area contributed by atoms with Gasteiger partial charge in [-0.15, -0.1) is 0 Å². The molecule has 1 aliphatic heterocycles. The topological polar surface area (TPSA) is 16.1 Å². The van der Waals surface area contributed by atoms with Crippen LogP contribution in [0.25, 0.3) is 0 Å². The van der Waals surface area contributed by atoms with Crippen LogP contribution in [0.5, 0.6) is 0 Å².